The Hall–Kier alpha value is -0.550. The summed E-state index contributed by atoms with van der Waals surface area (Å²) >= 11 is 23.9. The Morgan fingerprint density at radius 1 is 1.14 bits per heavy atom. The number of hydrogen-bond donors (Lipinski definition) is 0. The number of halogens is 3. The average Bonchev–Trinajstić information content (AvgIpc) is 2.41. The highest BCUT2D eigenvalue weighted by atomic mass is 35.5. The molecule has 0 radical (unpaired) electrons. The van der Waals surface area contributed by atoms with Crippen LogP contribution >= 0.6 is 47.0 Å². The van der Waals surface area contributed by atoms with Crippen molar-refractivity contribution < 1.29 is 4.79 Å². The maximum absolute atomic E-state index is 12.5. The number of hydrogen-bond acceptors (Lipinski definition) is 2. The zero-order valence-corrected chi connectivity index (χ0v) is 14.2. The molecule has 1 atom stereocenters. The van der Waals surface area contributed by atoms with Gasteiger partial charge in [0, 0.05) is 24.0 Å². The van der Waals surface area contributed by atoms with Crippen LogP contribution in [0.4, 0.5) is 5.69 Å². The van der Waals surface area contributed by atoms with E-state index in [2.05, 4.69) is 4.90 Å². The lowest BCUT2D eigenvalue weighted by Gasteiger charge is -2.45. The normalized spacial score (nSPS) is 22.5. The highest BCUT2D eigenvalue weighted by molar-refractivity contribution is 7.80. The van der Waals surface area contributed by atoms with E-state index in [9.17, 15) is 4.79 Å². The Morgan fingerprint density at radius 3 is 2.48 bits per heavy atom. The number of carbonyl (C=O) groups is 1. The summed E-state index contributed by atoms with van der Waals surface area (Å²) in [5.74, 6) is -0.0609. The highest BCUT2D eigenvalue weighted by Crippen LogP contribution is 2.40. The molecule has 2 aliphatic rings. The fourth-order valence-corrected chi connectivity index (χ4v) is 4.38. The molecule has 0 aromatic heterocycles. The SMILES string of the molecule is O=C1CC2CCCCN2C(=S)N1c1c(Cl)cc(Cl)cc1Cl. The quantitative estimate of drug-likeness (QED) is 0.685. The first kappa shape index (κ1) is 15.3. The zero-order chi connectivity index (χ0) is 15.1. The van der Waals surface area contributed by atoms with Crippen molar-refractivity contribution in [3.63, 3.8) is 0 Å². The summed E-state index contributed by atoms with van der Waals surface area (Å²) in [6, 6.07) is 3.35. The maximum atomic E-state index is 12.5. The molecule has 112 valence electrons. The minimum atomic E-state index is -0.0609. The maximum Gasteiger partial charge on any atom is 0.235 e. The Balaban J connectivity index is 2.02. The Kier molecular flexibility index (Phi) is 4.33. The van der Waals surface area contributed by atoms with Crippen molar-refractivity contribution >= 4 is 63.7 Å². The summed E-state index contributed by atoms with van der Waals surface area (Å²) in [4.78, 5) is 16.1. The second-order valence-electron chi connectivity index (χ2n) is 5.28. The summed E-state index contributed by atoms with van der Waals surface area (Å²) in [6.07, 6.45) is 3.66. The van der Waals surface area contributed by atoms with Gasteiger partial charge in [-0.1, -0.05) is 34.8 Å². The Morgan fingerprint density at radius 2 is 1.81 bits per heavy atom. The monoisotopic (exact) mass is 362 g/mol. The molecular formula is C14H13Cl3N2OS. The molecule has 1 aromatic rings. The molecule has 2 fully saturated rings. The molecule has 2 aliphatic heterocycles. The Bertz CT molecular complexity index is 599. The molecule has 1 unspecified atom stereocenters. The molecule has 3 nitrogen and oxygen atoms in total. The topological polar surface area (TPSA) is 23.6 Å². The molecule has 7 heteroatoms. The van der Waals surface area contributed by atoms with Gasteiger partial charge in [-0.2, -0.15) is 0 Å². The third kappa shape index (κ3) is 2.74. The first-order valence-electron chi connectivity index (χ1n) is 6.77. The summed E-state index contributed by atoms with van der Waals surface area (Å²) in [5.41, 5.74) is 0.432. The standard InChI is InChI=1S/C14H13Cl3N2OS/c15-8-5-10(16)13(11(17)6-8)19-12(20)7-9-3-1-2-4-18(9)14(19)21/h5-6,9H,1-4,7H2. The van der Waals surface area contributed by atoms with Gasteiger partial charge < -0.3 is 4.90 Å². The summed E-state index contributed by atoms with van der Waals surface area (Å²) in [7, 11) is 0. The van der Waals surface area contributed by atoms with Crippen LogP contribution in [0.1, 0.15) is 25.7 Å². The van der Waals surface area contributed by atoms with E-state index >= 15 is 0 Å². The second kappa shape index (κ2) is 5.92. The molecule has 0 spiro atoms. The van der Waals surface area contributed by atoms with Crippen LogP contribution in [0.5, 0.6) is 0 Å². The van der Waals surface area contributed by atoms with Gasteiger partial charge in [-0.05, 0) is 43.6 Å². The van der Waals surface area contributed by atoms with Crippen LogP contribution in [0.2, 0.25) is 15.1 Å². The number of benzene rings is 1. The zero-order valence-electron chi connectivity index (χ0n) is 11.1. The van der Waals surface area contributed by atoms with Crippen LogP contribution in [0, 0.1) is 0 Å². The number of carbonyl (C=O) groups excluding carboxylic acids is 1. The largest absolute Gasteiger partial charge is 0.345 e. The van der Waals surface area contributed by atoms with E-state index in [-0.39, 0.29) is 11.9 Å². The van der Waals surface area contributed by atoms with E-state index in [1.807, 2.05) is 0 Å². The first-order chi connectivity index (χ1) is 9.99. The third-order valence-electron chi connectivity index (χ3n) is 3.93. The van der Waals surface area contributed by atoms with Crippen LogP contribution in [0.15, 0.2) is 12.1 Å². The molecular weight excluding hydrogens is 351 g/mol. The van der Waals surface area contributed by atoms with E-state index in [1.54, 1.807) is 12.1 Å². The van der Waals surface area contributed by atoms with Crippen LogP contribution < -0.4 is 4.90 Å². The molecule has 0 aliphatic carbocycles. The average molecular weight is 364 g/mol. The fraction of sp³-hybridized carbons (Fsp3) is 0.429. The summed E-state index contributed by atoms with van der Waals surface area (Å²) < 4.78 is 0. The predicted molar refractivity (Wildman–Crippen MR) is 90.5 cm³/mol. The minimum Gasteiger partial charge on any atom is -0.345 e. The predicted octanol–water partition coefficient (Wildman–Crippen LogP) is 4.52. The molecule has 2 saturated heterocycles. The molecule has 2 heterocycles. The second-order valence-corrected chi connectivity index (χ2v) is 6.89. The number of fused-ring (bicyclic) bond motifs is 1. The molecule has 0 N–H and O–H groups in total. The van der Waals surface area contributed by atoms with Crippen LogP contribution in [-0.2, 0) is 4.79 Å². The van der Waals surface area contributed by atoms with Gasteiger partial charge in [-0.3, -0.25) is 9.69 Å². The lowest BCUT2D eigenvalue weighted by Crippen LogP contribution is -2.58. The molecule has 0 saturated carbocycles. The van der Waals surface area contributed by atoms with Crippen LogP contribution in [0.3, 0.4) is 0 Å². The fourth-order valence-electron chi connectivity index (χ4n) is 2.96. The third-order valence-corrected chi connectivity index (χ3v) is 5.14. The van der Waals surface area contributed by atoms with E-state index in [0.717, 1.165) is 25.8 Å². The van der Waals surface area contributed by atoms with Gasteiger partial charge in [0.15, 0.2) is 5.11 Å². The molecule has 1 amide bonds. The van der Waals surface area contributed by atoms with Crippen molar-refractivity contribution in [1.29, 1.82) is 0 Å². The number of thiocarbonyl (C=S) groups is 1. The van der Waals surface area contributed by atoms with Crippen molar-refractivity contribution in [2.24, 2.45) is 0 Å². The number of piperidine rings is 1. The summed E-state index contributed by atoms with van der Waals surface area (Å²) in [6.45, 7) is 0.871. The van der Waals surface area contributed by atoms with Gasteiger partial charge in [0.05, 0.1) is 15.7 Å². The van der Waals surface area contributed by atoms with Gasteiger partial charge in [-0.15, -0.1) is 0 Å². The van der Waals surface area contributed by atoms with Gasteiger partial charge in [0.1, 0.15) is 0 Å². The van der Waals surface area contributed by atoms with Crippen LogP contribution in [-0.4, -0.2) is 28.5 Å². The smallest absolute Gasteiger partial charge is 0.235 e. The number of anilines is 1. The van der Waals surface area contributed by atoms with Gasteiger partial charge in [0.25, 0.3) is 0 Å². The lowest BCUT2D eigenvalue weighted by atomic mass is 9.97. The number of amides is 1. The summed E-state index contributed by atoms with van der Waals surface area (Å²) in [5, 5.41) is 1.58. The molecule has 0 bridgehead atoms. The van der Waals surface area contributed by atoms with Crippen molar-refractivity contribution in [2.45, 2.75) is 31.7 Å². The minimum absolute atomic E-state index is 0.0609. The van der Waals surface area contributed by atoms with E-state index in [4.69, 9.17) is 47.0 Å². The molecule has 3 rings (SSSR count). The van der Waals surface area contributed by atoms with Crippen molar-refractivity contribution in [3.8, 4) is 0 Å². The molecule has 21 heavy (non-hydrogen) atoms. The first-order valence-corrected chi connectivity index (χ1v) is 8.31. The van der Waals surface area contributed by atoms with Crippen molar-refractivity contribution in [2.75, 3.05) is 11.4 Å². The van der Waals surface area contributed by atoms with Gasteiger partial charge in [-0.25, -0.2) is 0 Å². The van der Waals surface area contributed by atoms with Gasteiger partial charge >= 0.3 is 0 Å². The number of rotatable bonds is 1. The Labute approximate surface area is 143 Å². The number of nitrogens with zero attached hydrogens (tertiary/aromatic N) is 2. The van der Waals surface area contributed by atoms with Crippen LogP contribution in [0.25, 0.3) is 0 Å². The van der Waals surface area contributed by atoms with E-state index in [1.165, 1.54) is 4.90 Å². The van der Waals surface area contributed by atoms with E-state index < -0.39 is 0 Å². The highest BCUT2D eigenvalue weighted by Gasteiger charge is 2.39. The van der Waals surface area contributed by atoms with E-state index in [0.29, 0.717) is 32.3 Å². The molecule has 1 aromatic carbocycles. The van der Waals surface area contributed by atoms with Crippen molar-refractivity contribution in [3.05, 3.63) is 27.2 Å². The van der Waals surface area contributed by atoms with Crippen molar-refractivity contribution in [1.82, 2.24) is 4.90 Å². The lowest BCUT2D eigenvalue weighted by molar-refractivity contribution is -0.120. The van der Waals surface area contributed by atoms with Gasteiger partial charge in [0.2, 0.25) is 5.91 Å².